The van der Waals surface area contributed by atoms with Gasteiger partial charge >= 0.3 is 5.97 Å². The maximum Gasteiger partial charge on any atom is 0.341 e. The Bertz CT molecular complexity index is 1890. The largest absolute Gasteiger partial charge is 0.496 e. The summed E-state index contributed by atoms with van der Waals surface area (Å²) in [5.74, 6) is -0.737. The smallest absolute Gasteiger partial charge is 0.341 e. The van der Waals surface area contributed by atoms with Crippen LogP contribution >= 0.6 is 23.2 Å². The minimum absolute atomic E-state index is 0.00125. The van der Waals surface area contributed by atoms with Gasteiger partial charge in [0.2, 0.25) is 5.91 Å². The molecular formula is C33H29Cl2FN4O4. The number of esters is 1. The first-order valence-corrected chi connectivity index (χ1v) is 15.5. The molecule has 2 fully saturated rings. The zero-order valence-electron chi connectivity index (χ0n) is 24.1. The second kappa shape index (κ2) is 9.92. The number of fused-ring (bicyclic) bond motifs is 7. The van der Waals surface area contributed by atoms with Crippen LogP contribution in [-0.2, 0) is 21.6 Å². The molecule has 0 bridgehead atoms. The number of carbonyl (C=O) groups excluding carboxylic acids is 2. The number of benzene rings is 3. The summed E-state index contributed by atoms with van der Waals surface area (Å²) in [6, 6.07) is 13.8. The van der Waals surface area contributed by atoms with Crippen molar-refractivity contribution in [1.82, 2.24) is 14.5 Å². The van der Waals surface area contributed by atoms with Gasteiger partial charge in [0.05, 0.1) is 30.3 Å². The van der Waals surface area contributed by atoms with Gasteiger partial charge in [0, 0.05) is 53.3 Å². The number of anilines is 1. The number of ether oxygens (including phenoxy) is 2. The van der Waals surface area contributed by atoms with E-state index >= 15 is 4.39 Å². The van der Waals surface area contributed by atoms with Crippen molar-refractivity contribution in [3.8, 4) is 5.75 Å². The van der Waals surface area contributed by atoms with E-state index in [1.807, 2.05) is 6.07 Å². The molecule has 8 rings (SSSR count). The van der Waals surface area contributed by atoms with Gasteiger partial charge in [-0.15, -0.1) is 0 Å². The predicted molar refractivity (Wildman–Crippen MR) is 164 cm³/mol. The van der Waals surface area contributed by atoms with Crippen molar-refractivity contribution in [2.75, 3.05) is 26.1 Å². The highest BCUT2D eigenvalue weighted by molar-refractivity contribution is 6.31. The lowest BCUT2D eigenvalue weighted by atomic mass is 9.70. The highest BCUT2D eigenvalue weighted by Crippen LogP contribution is 2.64. The number of hydrogen-bond donors (Lipinski definition) is 1. The molecule has 1 amide bonds. The summed E-state index contributed by atoms with van der Waals surface area (Å²) in [5.41, 5.74) is 2.24. The third-order valence-corrected chi connectivity index (χ3v) is 10.5. The van der Waals surface area contributed by atoms with Crippen LogP contribution in [0.5, 0.6) is 5.75 Å². The monoisotopic (exact) mass is 634 g/mol. The number of aromatic nitrogens is 2. The van der Waals surface area contributed by atoms with E-state index in [2.05, 4.69) is 14.8 Å². The minimum Gasteiger partial charge on any atom is -0.496 e. The predicted octanol–water partition coefficient (Wildman–Crippen LogP) is 6.49. The first kappa shape index (κ1) is 27.9. The van der Waals surface area contributed by atoms with Crippen molar-refractivity contribution in [1.29, 1.82) is 0 Å². The first-order chi connectivity index (χ1) is 21.3. The van der Waals surface area contributed by atoms with Crippen LogP contribution in [0.15, 0.2) is 48.5 Å². The van der Waals surface area contributed by atoms with E-state index in [0.717, 1.165) is 29.7 Å². The Morgan fingerprint density at radius 2 is 1.95 bits per heavy atom. The molecule has 1 saturated heterocycles. The Balaban J connectivity index is 1.42. The van der Waals surface area contributed by atoms with Gasteiger partial charge in [-0.05, 0) is 55.0 Å². The molecular weight excluding hydrogens is 606 g/mol. The van der Waals surface area contributed by atoms with Crippen molar-refractivity contribution >= 4 is 51.8 Å². The number of carbonyl (C=O) groups is 2. The first-order valence-electron chi connectivity index (χ1n) is 14.8. The SMILES string of the molecule is COC(=O)c1cc2nc3n(c2cc1OC)CC[C@H]1[C@@H]3[C@H](c2cccc(Cl)c2F)[C@]2(C(=O)Nc3cc(Cl)ccc32)N1CC1CC1. The van der Waals surface area contributed by atoms with Gasteiger partial charge in [0.1, 0.15) is 28.5 Å². The standard InChI is InChI=1S/C33H29Cl2FN4O4/c1-43-26-14-25-23(13-19(26)31(41)44-2)37-30-27-24(10-11-39(25)30)40(15-16-6-7-16)33(28(27)18-4-3-5-21(35)29(18)36)20-9-8-17(34)12-22(20)38-32(33)42/h3-5,8-9,12-14,16,24,27-28H,6-7,10-11,15H2,1-2H3,(H,38,42)/t24-,27+,28-,33+/m0/s1. The van der Waals surface area contributed by atoms with Crippen LogP contribution in [0, 0.1) is 11.7 Å². The van der Waals surface area contributed by atoms with Gasteiger partial charge in [0.25, 0.3) is 0 Å². The molecule has 1 spiro atoms. The number of hydrogen-bond acceptors (Lipinski definition) is 6. The summed E-state index contributed by atoms with van der Waals surface area (Å²) in [6.45, 7) is 1.33. The summed E-state index contributed by atoms with van der Waals surface area (Å²) in [7, 11) is 2.83. The average Bonchev–Trinajstić information content (AvgIpc) is 3.61. The highest BCUT2D eigenvalue weighted by Gasteiger charge is 2.69. The lowest BCUT2D eigenvalue weighted by Gasteiger charge is -2.40. The van der Waals surface area contributed by atoms with E-state index in [1.165, 1.54) is 20.3 Å². The zero-order valence-corrected chi connectivity index (χ0v) is 25.6. The quantitative estimate of drug-likeness (QED) is 0.253. The maximum atomic E-state index is 16.3. The number of imidazole rings is 1. The number of amides is 1. The fourth-order valence-corrected chi connectivity index (χ4v) is 8.41. The minimum atomic E-state index is -1.22. The van der Waals surface area contributed by atoms with E-state index in [0.29, 0.717) is 53.0 Å². The summed E-state index contributed by atoms with van der Waals surface area (Å²) in [5, 5.41) is 3.62. The van der Waals surface area contributed by atoms with Gasteiger partial charge < -0.3 is 19.4 Å². The van der Waals surface area contributed by atoms with Crippen LogP contribution in [-0.4, -0.2) is 53.1 Å². The molecule has 4 atom stereocenters. The Morgan fingerprint density at radius 1 is 1.14 bits per heavy atom. The van der Waals surface area contributed by atoms with Crippen LogP contribution in [0.25, 0.3) is 11.0 Å². The molecule has 226 valence electrons. The number of likely N-dealkylation sites (tertiary alicyclic amines) is 1. The van der Waals surface area contributed by atoms with Gasteiger partial charge in [-0.25, -0.2) is 14.2 Å². The fourth-order valence-electron chi connectivity index (χ4n) is 8.06. The lowest BCUT2D eigenvalue weighted by Crippen LogP contribution is -2.53. The van der Waals surface area contributed by atoms with Crippen molar-refractivity contribution in [2.45, 2.75) is 49.2 Å². The summed E-state index contributed by atoms with van der Waals surface area (Å²) in [6.07, 6.45) is 2.89. The molecule has 1 N–H and O–H groups in total. The molecule has 11 heteroatoms. The van der Waals surface area contributed by atoms with Crippen molar-refractivity contribution in [3.05, 3.63) is 86.9 Å². The molecule has 4 heterocycles. The summed E-state index contributed by atoms with van der Waals surface area (Å²) >= 11 is 12.8. The molecule has 4 aliphatic rings. The van der Waals surface area contributed by atoms with Crippen molar-refractivity contribution < 1.29 is 23.5 Å². The van der Waals surface area contributed by atoms with Gasteiger partial charge in [-0.1, -0.05) is 41.4 Å². The number of methoxy groups -OCH3 is 2. The molecule has 0 radical (unpaired) electrons. The second-order valence-electron chi connectivity index (χ2n) is 12.2. The Kier molecular flexibility index (Phi) is 6.28. The Labute approximate surface area is 263 Å². The molecule has 1 saturated carbocycles. The Hall–Kier alpha value is -3.66. The molecule has 1 aliphatic carbocycles. The number of nitrogens with one attached hydrogen (secondary N) is 1. The van der Waals surface area contributed by atoms with E-state index in [4.69, 9.17) is 37.7 Å². The normalized spacial score (nSPS) is 25.6. The average molecular weight is 636 g/mol. The summed E-state index contributed by atoms with van der Waals surface area (Å²) in [4.78, 5) is 34.6. The maximum absolute atomic E-state index is 16.3. The molecule has 3 aliphatic heterocycles. The second-order valence-corrected chi connectivity index (χ2v) is 13.0. The number of halogens is 3. The van der Waals surface area contributed by atoms with Crippen molar-refractivity contribution in [2.24, 2.45) is 5.92 Å². The van der Waals surface area contributed by atoms with Crippen molar-refractivity contribution in [3.63, 3.8) is 0 Å². The van der Waals surface area contributed by atoms with Gasteiger partial charge in [-0.3, -0.25) is 9.69 Å². The van der Waals surface area contributed by atoms with Gasteiger partial charge in [-0.2, -0.15) is 0 Å². The van der Waals surface area contributed by atoms with Crippen LogP contribution in [0.2, 0.25) is 10.0 Å². The molecule has 3 aromatic carbocycles. The van der Waals surface area contributed by atoms with Crippen LogP contribution < -0.4 is 10.1 Å². The highest BCUT2D eigenvalue weighted by atomic mass is 35.5. The number of rotatable bonds is 5. The third kappa shape index (κ3) is 3.75. The molecule has 44 heavy (non-hydrogen) atoms. The fraction of sp³-hybridized carbons (Fsp3) is 0.364. The number of aryl methyl sites for hydroxylation is 1. The molecule has 4 aromatic rings. The topological polar surface area (TPSA) is 85.7 Å². The van der Waals surface area contributed by atoms with Crippen LogP contribution in [0.4, 0.5) is 10.1 Å². The molecule has 0 unspecified atom stereocenters. The Morgan fingerprint density at radius 3 is 2.70 bits per heavy atom. The van der Waals surface area contributed by atoms with Crippen LogP contribution in [0.3, 0.4) is 0 Å². The van der Waals surface area contributed by atoms with E-state index in [-0.39, 0.29) is 28.5 Å². The third-order valence-electron chi connectivity index (χ3n) is 9.98. The molecule has 8 nitrogen and oxygen atoms in total. The van der Waals surface area contributed by atoms with Gasteiger partial charge in [0.15, 0.2) is 0 Å². The zero-order chi connectivity index (χ0) is 30.5. The summed E-state index contributed by atoms with van der Waals surface area (Å²) < 4.78 is 29.0. The van der Waals surface area contributed by atoms with E-state index in [9.17, 15) is 9.59 Å². The van der Waals surface area contributed by atoms with E-state index < -0.39 is 23.2 Å². The number of nitrogens with zero attached hydrogens (tertiary/aromatic N) is 3. The van der Waals surface area contributed by atoms with Crippen LogP contribution in [0.1, 0.15) is 58.4 Å². The molecule has 1 aromatic heterocycles. The lowest BCUT2D eigenvalue weighted by molar-refractivity contribution is -0.128. The van der Waals surface area contributed by atoms with E-state index in [1.54, 1.807) is 36.4 Å².